The summed E-state index contributed by atoms with van der Waals surface area (Å²) in [6.45, 7) is 2.53. The second-order valence-electron chi connectivity index (χ2n) is 5.34. The first-order valence-corrected chi connectivity index (χ1v) is 8.06. The Morgan fingerprint density at radius 1 is 1.22 bits per heavy atom. The van der Waals surface area contributed by atoms with E-state index in [4.69, 9.17) is 0 Å². The van der Waals surface area contributed by atoms with Crippen molar-refractivity contribution in [2.24, 2.45) is 0 Å². The van der Waals surface area contributed by atoms with E-state index >= 15 is 0 Å². The first kappa shape index (κ1) is 15.5. The summed E-state index contributed by atoms with van der Waals surface area (Å²) in [5.74, 6) is -0.144. The zero-order chi connectivity index (χ0) is 16.2. The molecule has 0 aliphatic heterocycles. The highest BCUT2D eigenvalue weighted by Gasteiger charge is 2.15. The maximum atomic E-state index is 12.4. The van der Waals surface area contributed by atoms with E-state index in [0.717, 1.165) is 15.6 Å². The molecule has 5 heteroatoms. The van der Waals surface area contributed by atoms with Crippen LogP contribution in [0.3, 0.4) is 0 Å². The van der Waals surface area contributed by atoms with Gasteiger partial charge in [0.2, 0.25) is 0 Å². The zero-order valence-corrected chi connectivity index (χ0v) is 14.2. The highest BCUT2D eigenvalue weighted by Crippen LogP contribution is 2.24. The van der Waals surface area contributed by atoms with E-state index < -0.39 is 0 Å². The Kier molecular flexibility index (Phi) is 4.57. The minimum absolute atomic E-state index is 0.144. The Balaban J connectivity index is 1.76. The van der Waals surface area contributed by atoms with Crippen LogP contribution in [0, 0.1) is 6.92 Å². The topological polar surface area (TPSA) is 57.8 Å². The van der Waals surface area contributed by atoms with E-state index in [-0.39, 0.29) is 5.91 Å². The lowest BCUT2D eigenvalue weighted by Gasteiger charge is -2.07. The SMILES string of the molecule is Cc1ccc(CNC(=O)c2cn[nH]c2-c2cccc(Br)c2)cc1. The average molecular weight is 370 g/mol. The van der Waals surface area contributed by atoms with Gasteiger partial charge in [0.25, 0.3) is 5.91 Å². The molecule has 3 aromatic rings. The summed E-state index contributed by atoms with van der Waals surface area (Å²) in [7, 11) is 0. The minimum Gasteiger partial charge on any atom is -0.348 e. The predicted octanol–water partition coefficient (Wildman–Crippen LogP) is 4.08. The minimum atomic E-state index is -0.144. The van der Waals surface area contributed by atoms with Crippen molar-refractivity contribution in [3.05, 3.63) is 75.9 Å². The molecule has 1 amide bonds. The van der Waals surface area contributed by atoms with Crippen molar-refractivity contribution in [3.8, 4) is 11.3 Å². The fraction of sp³-hybridized carbons (Fsp3) is 0.111. The lowest BCUT2D eigenvalue weighted by molar-refractivity contribution is 0.0951. The van der Waals surface area contributed by atoms with Crippen LogP contribution in [0.15, 0.2) is 59.2 Å². The van der Waals surface area contributed by atoms with Gasteiger partial charge in [-0.25, -0.2) is 0 Å². The van der Waals surface area contributed by atoms with Crippen molar-refractivity contribution >= 4 is 21.8 Å². The number of carbonyl (C=O) groups excluding carboxylic acids is 1. The molecule has 0 spiro atoms. The van der Waals surface area contributed by atoms with Gasteiger partial charge in [0.05, 0.1) is 17.5 Å². The number of aromatic nitrogens is 2. The van der Waals surface area contributed by atoms with Crippen LogP contribution >= 0.6 is 15.9 Å². The second-order valence-corrected chi connectivity index (χ2v) is 6.25. The number of aryl methyl sites for hydroxylation is 1. The predicted molar refractivity (Wildman–Crippen MR) is 94.1 cm³/mol. The van der Waals surface area contributed by atoms with Crippen LogP contribution in [0.1, 0.15) is 21.5 Å². The van der Waals surface area contributed by atoms with Crippen LogP contribution in [-0.4, -0.2) is 16.1 Å². The first-order valence-electron chi connectivity index (χ1n) is 7.26. The van der Waals surface area contributed by atoms with E-state index in [1.165, 1.54) is 5.56 Å². The van der Waals surface area contributed by atoms with E-state index in [9.17, 15) is 4.79 Å². The highest BCUT2D eigenvalue weighted by molar-refractivity contribution is 9.10. The van der Waals surface area contributed by atoms with Crippen molar-refractivity contribution in [2.75, 3.05) is 0 Å². The number of nitrogens with one attached hydrogen (secondary N) is 2. The number of H-pyrrole nitrogens is 1. The lowest BCUT2D eigenvalue weighted by Crippen LogP contribution is -2.22. The summed E-state index contributed by atoms with van der Waals surface area (Å²) in [5.41, 5.74) is 4.43. The molecule has 2 N–H and O–H groups in total. The molecule has 23 heavy (non-hydrogen) atoms. The molecule has 0 radical (unpaired) electrons. The molecule has 0 aliphatic carbocycles. The van der Waals surface area contributed by atoms with Gasteiger partial charge in [0.15, 0.2) is 0 Å². The standard InChI is InChI=1S/C18H16BrN3O/c1-12-5-7-13(8-6-12)10-20-18(23)16-11-21-22-17(16)14-3-2-4-15(19)9-14/h2-9,11H,10H2,1H3,(H,20,23)(H,21,22). The van der Waals surface area contributed by atoms with Crippen LogP contribution in [-0.2, 0) is 6.54 Å². The molecule has 0 aliphatic rings. The van der Waals surface area contributed by atoms with Crippen molar-refractivity contribution in [1.29, 1.82) is 0 Å². The van der Waals surface area contributed by atoms with Gasteiger partial charge in [-0.3, -0.25) is 9.89 Å². The van der Waals surface area contributed by atoms with Crippen molar-refractivity contribution in [3.63, 3.8) is 0 Å². The van der Waals surface area contributed by atoms with Gasteiger partial charge in [0, 0.05) is 16.6 Å². The number of nitrogens with zero attached hydrogens (tertiary/aromatic N) is 1. The molecular weight excluding hydrogens is 354 g/mol. The van der Waals surface area contributed by atoms with Crippen LogP contribution in [0.2, 0.25) is 0 Å². The Bertz CT molecular complexity index is 824. The zero-order valence-electron chi connectivity index (χ0n) is 12.6. The van der Waals surface area contributed by atoms with Gasteiger partial charge in [0.1, 0.15) is 0 Å². The number of hydrogen-bond donors (Lipinski definition) is 2. The number of hydrogen-bond acceptors (Lipinski definition) is 2. The fourth-order valence-electron chi connectivity index (χ4n) is 2.31. The normalized spacial score (nSPS) is 10.5. The molecule has 0 unspecified atom stereocenters. The molecule has 0 fully saturated rings. The van der Waals surface area contributed by atoms with E-state index in [2.05, 4.69) is 31.4 Å². The number of aromatic amines is 1. The molecule has 0 bridgehead atoms. The second kappa shape index (κ2) is 6.79. The van der Waals surface area contributed by atoms with Crippen molar-refractivity contribution in [2.45, 2.75) is 13.5 Å². The van der Waals surface area contributed by atoms with Gasteiger partial charge in [-0.15, -0.1) is 0 Å². The molecule has 1 aromatic heterocycles. The smallest absolute Gasteiger partial charge is 0.255 e. The van der Waals surface area contributed by atoms with Crippen LogP contribution in [0.4, 0.5) is 0 Å². The highest BCUT2D eigenvalue weighted by atomic mass is 79.9. The van der Waals surface area contributed by atoms with Gasteiger partial charge in [-0.1, -0.05) is 57.9 Å². The first-order chi connectivity index (χ1) is 11.1. The van der Waals surface area contributed by atoms with Crippen LogP contribution in [0.5, 0.6) is 0 Å². The van der Waals surface area contributed by atoms with E-state index in [1.807, 2.05) is 55.5 Å². The molecule has 0 atom stereocenters. The fourth-order valence-corrected chi connectivity index (χ4v) is 2.71. The monoisotopic (exact) mass is 369 g/mol. The third-order valence-corrected chi connectivity index (χ3v) is 4.06. The lowest BCUT2D eigenvalue weighted by atomic mass is 10.1. The number of carbonyl (C=O) groups is 1. The Hall–Kier alpha value is -2.40. The van der Waals surface area contributed by atoms with Gasteiger partial charge >= 0.3 is 0 Å². The summed E-state index contributed by atoms with van der Waals surface area (Å²) in [6, 6.07) is 15.9. The summed E-state index contributed by atoms with van der Waals surface area (Å²) < 4.78 is 0.954. The molecule has 3 rings (SSSR count). The molecule has 4 nitrogen and oxygen atoms in total. The Morgan fingerprint density at radius 3 is 2.74 bits per heavy atom. The molecular formula is C18H16BrN3O. The third-order valence-electron chi connectivity index (χ3n) is 3.57. The molecule has 2 aromatic carbocycles. The summed E-state index contributed by atoms with van der Waals surface area (Å²) in [4.78, 5) is 12.4. The van der Waals surface area contributed by atoms with Gasteiger partial charge < -0.3 is 5.32 Å². The van der Waals surface area contributed by atoms with Gasteiger partial charge in [-0.2, -0.15) is 5.10 Å². The molecule has 116 valence electrons. The van der Waals surface area contributed by atoms with Crippen molar-refractivity contribution in [1.82, 2.24) is 15.5 Å². The molecule has 0 saturated heterocycles. The van der Waals surface area contributed by atoms with E-state index in [1.54, 1.807) is 6.20 Å². The third kappa shape index (κ3) is 3.68. The number of benzene rings is 2. The van der Waals surface area contributed by atoms with E-state index in [0.29, 0.717) is 17.8 Å². The number of amides is 1. The summed E-state index contributed by atoms with van der Waals surface area (Å²) in [5, 5.41) is 9.85. The van der Waals surface area contributed by atoms with Gasteiger partial charge in [-0.05, 0) is 24.6 Å². The van der Waals surface area contributed by atoms with Crippen LogP contribution < -0.4 is 5.32 Å². The maximum Gasteiger partial charge on any atom is 0.255 e. The van der Waals surface area contributed by atoms with Crippen LogP contribution in [0.25, 0.3) is 11.3 Å². The summed E-state index contributed by atoms with van der Waals surface area (Å²) >= 11 is 3.44. The number of rotatable bonds is 4. The Labute approximate surface area is 143 Å². The molecule has 0 saturated carbocycles. The largest absolute Gasteiger partial charge is 0.348 e. The Morgan fingerprint density at radius 2 is 2.00 bits per heavy atom. The number of halogens is 1. The average Bonchev–Trinajstić information content (AvgIpc) is 3.04. The quantitative estimate of drug-likeness (QED) is 0.727. The van der Waals surface area contributed by atoms with Crippen molar-refractivity contribution < 1.29 is 4.79 Å². The summed E-state index contributed by atoms with van der Waals surface area (Å²) in [6.07, 6.45) is 1.56. The molecule has 1 heterocycles. The maximum absolute atomic E-state index is 12.4.